The molecular weight excluding hydrogens is 415 g/mol. The van der Waals surface area contributed by atoms with E-state index in [1.165, 1.54) is 17.8 Å². The molecule has 1 saturated carbocycles. The topological polar surface area (TPSA) is 96.0 Å². The van der Waals surface area contributed by atoms with Gasteiger partial charge in [-0.2, -0.15) is 0 Å². The van der Waals surface area contributed by atoms with Gasteiger partial charge >= 0.3 is 0 Å². The van der Waals surface area contributed by atoms with Crippen LogP contribution in [0.2, 0.25) is 0 Å². The molecule has 29 heavy (non-hydrogen) atoms. The lowest BCUT2D eigenvalue weighted by Gasteiger charge is -2.34. The van der Waals surface area contributed by atoms with Crippen molar-refractivity contribution in [3.05, 3.63) is 30.1 Å². The molecule has 1 aromatic heterocycles. The predicted molar refractivity (Wildman–Crippen MR) is 109 cm³/mol. The van der Waals surface area contributed by atoms with E-state index in [1.807, 2.05) is 4.90 Å². The Hall–Kier alpha value is -1.94. The molecule has 1 aliphatic carbocycles. The highest BCUT2D eigenvalue weighted by molar-refractivity contribution is 7.99. The minimum atomic E-state index is -3.07. The smallest absolute Gasteiger partial charge is 0.233 e. The van der Waals surface area contributed by atoms with E-state index in [-0.39, 0.29) is 35.2 Å². The maximum atomic E-state index is 13.9. The third-order valence-corrected chi connectivity index (χ3v) is 8.11. The molecule has 156 valence electrons. The molecule has 7 nitrogen and oxygen atoms in total. The van der Waals surface area contributed by atoms with Crippen molar-refractivity contribution in [2.45, 2.75) is 49.3 Å². The van der Waals surface area contributed by atoms with Crippen LogP contribution in [0.1, 0.15) is 32.1 Å². The average Bonchev–Trinajstić information content (AvgIpc) is 3.43. The van der Waals surface area contributed by atoms with Crippen LogP contribution < -0.4 is 0 Å². The van der Waals surface area contributed by atoms with Gasteiger partial charge in [0.05, 0.1) is 22.8 Å². The third kappa shape index (κ3) is 4.63. The quantitative estimate of drug-likeness (QED) is 0.697. The Kier molecular flexibility index (Phi) is 5.91. The fourth-order valence-electron chi connectivity index (χ4n) is 4.17. The number of aromatic amines is 1. The number of thioether (sulfide) groups is 1. The van der Waals surface area contributed by atoms with Crippen molar-refractivity contribution in [3.63, 3.8) is 0 Å². The monoisotopic (exact) mass is 438 g/mol. The van der Waals surface area contributed by atoms with Crippen LogP contribution in [0.15, 0.2) is 29.4 Å². The van der Waals surface area contributed by atoms with Crippen LogP contribution in [-0.2, 0) is 14.6 Å². The predicted octanol–water partition coefficient (Wildman–Crippen LogP) is 2.66. The summed E-state index contributed by atoms with van der Waals surface area (Å²) < 4.78 is 37.8. The molecule has 2 aromatic rings. The van der Waals surface area contributed by atoms with Crippen LogP contribution in [0.5, 0.6) is 0 Å². The number of amides is 1. The number of halogens is 1. The van der Waals surface area contributed by atoms with Crippen LogP contribution in [0.3, 0.4) is 0 Å². The second-order valence-electron chi connectivity index (χ2n) is 7.53. The molecule has 1 atom stereocenters. The highest BCUT2D eigenvalue weighted by atomic mass is 32.2. The van der Waals surface area contributed by atoms with E-state index >= 15 is 0 Å². The molecule has 1 amide bonds. The first kappa shape index (κ1) is 20.3. The van der Waals surface area contributed by atoms with Crippen molar-refractivity contribution >= 4 is 27.5 Å². The summed E-state index contributed by atoms with van der Waals surface area (Å²) in [5.41, 5.74) is 0.321. The van der Waals surface area contributed by atoms with Crippen LogP contribution >= 0.6 is 11.8 Å². The Balaban J connectivity index is 1.44. The molecule has 1 saturated heterocycles. The highest BCUT2D eigenvalue weighted by Gasteiger charge is 2.38. The summed E-state index contributed by atoms with van der Waals surface area (Å²) in [5, 5.41) is 7.15. The summed E-state index contributed by atoms with van der Waals surface area (Å²) in [4.78, 5) is 19.1. The van der Waals surface area contributed by atoms with E-state index < -0.39 is 15.7 Å². The van der Waals surface area contributed by atoms with Gasteiger partial charge in [-0.05, 0) is 31.4 Å². The summed E-state index contributed by atoms with van der Waals surface area (Å²) in [6.45, 7) is 0. The number of nitrogens with zero attached hydrogens (tertiary/aromatic N) is 3. The maximum absolute atomic E-state index is 13.9. The summed E-state index contributed by atoms with van der Waals surface area (Å²) in [6, 6.07) is 6.15. The van der Waals surface area contributed by atoms with Crippen molar-refractivity contribution in [3.8, 4) is 11.4 Å². The SMILES string of the molecule is O=C(CSc1n[nH]c(-c2ccccc2F)n1)N(C1CCCC1)[C@H]1CCS(=O)(=O)C1. The number of hydrogen-bond acceptors (Lipinski definition) is 6. The lowest BCUT2D eigenvalue weighted by atomic mass is 10.1. The Bertz CT molecular complexity index is 989. The second kappa shape index (κ2) is 8.43. The van der Waals surface area contributed by atoms with E-state index in [0.717, 1.165) is 25.7 Å². The van der Waals surface area contributed by atoms with Crippen molar-refractivity contribution in [2.75, 3.05) is 17.3 Å². The molecule has 10 heteroatoms. The summed E-state index contributed by atoms with van der Waals surface area (Å²) >= 11 is 1.18. The molecule has 0 bridgehead atoms. The van der Waals surface area contributed by atoms with Crippen LogP contribution in [0, 0.1) is 5.82 Å². The number of H-pyrrole nitrogens is 1. The molecule has 0 unspecified atom stereocenters. The number of hydrogen-bond donors (Lipinski definition) is 1. The number of carbonyl (C=O) groups excluding carboxylic acids is 1. The van der Waals surface area contributed by atoms with Gasteiger partial charge in [-0.15, -0.1) is 5.10 Å². The first-order valence-corrected chi connectivity index (χ1v) is 12.6. The first-order valence-electron chi connectivity index (χ1n) is 9.74. The first-order chi connectivity index (χ1) is 13.9. The van der Waals surface area contributed by atoms with Gasteiger partial charge < -0.3 is 4.90 Å². The lowest BCUT2D eigenvalue weighted by molar-refractivity contribution is -0.132. The number of aromatic nitrogens is 3. The largest absolute Gasteiger partial charge is 0.335 e. The van der Waals surface area contributed by atoms with Crippen molar-refractivity contribution in [1.29, 1.82) is 0 Å². The van der Waals surface area contributed by atoms with Gasteiger partial charge in [0, 0.05) is 12.1 Å². The minimum absolute atomic E-state index is 0.0536. The Morgan fingerprint density at radius 2 is 1.97 bits per heavy atom. The number of carbonyl (C=O) groups is 1. The van der Waals surface area contributed by atoms with Gasteiger partial charge in [-0.3, -0.25) is 9.89 Å². The third-order valence-electron chi connectivity index (χ3n) is 5.53. The van der Waals surface area contributed by atoms with Gasteiger partial charge in [-0.25, -0.2) is 17.8 Å². The van der Waals surface area contributed by atoms with E-state index in [9.17, 15) is 17.6 Å². The van der Waals surface area contributed by atoms with Gasteiger partial charge in [0.2, 0.25) is 11.1 Å². The lowest BCUT2D eigenvalue weighted by Crippen LogP contribution is -2.47. The fraction of sp³-hybridized carbons (Fsp3) is 0.526. The maximum Gasteiger partial charge on any atom is 0.233 e. The molecule has 1 aliphatic heterocycles. The Morgan fingerprint density at radius 3 is 2.66 bits per heavy atom. The molecule has 2 fully saturated rings. The summed E-state index contributed by atoms with van der Waals surface area (Å²) in [5.74, 6) is 0.161. The fourth-order valence-corrected chi connectivity index (χ4v) is 6.55. The van der Waals surface area contributed by atoms with E-state index in [1.54, 1.807) is 18.2 Å². The van der Waals surface area contributed by atoms with Gasteiger partial charge in [0.15, 0.2) is 15.7 Å². The van der Waals surface area contributed by atoms with Crippen molar-refractivity contribution in [2.24, 2.45) is 0 Å². The minimum Gasteiger partial charge on any atom is -0.335 e. The van der Waals surface area contributed by atoms with E-state index in [2.05, 4.69) is 15.2 Å². The normalized spacial score (nSPS) is 21.5. The Morgan fingerprint density at radius 1 is 1.21 bits per heavy atom. The van der Waals surface area contributed by atoms with Crippen molar-refractivity contribution in [1.82, 2.24) is 20.1 Å². The zero-order valence-corrected chi connectivity index (χ0v) is 17.5. The summed E-state index contributed by atoms with van der Waals surface area (Å²) in [6.07, 6.45) is 4.48. The van der Waals surface area contributed by atoms with Gasteiger partial charge in [-0.1, -0.05) is 36.7 Å². The number of benzene rings is 1. The molecule has 2 heterocycles. The van der Waals surface area contributed by atoms with Crippen LogP contribution in [-0.4, -0.2) is 63.7 Å². The van der Waals surface area contributed by atoms with Crippen LogP contribution in [0.25, 0.3) is 11.4 Å². The summed E-state index contributed by atoms with van der Waals surface area (Å²) in [7, 11) is -3.07. The van der Waals surface area contributed by atoms with Crippen molar-refractivity contribution < 1.29 is 17.6 Å². The number of sulfone groups is 1. The zero-order chi connectivity index (χ0) is 20.4. The zero-order valence-electron chi connectivity index (χ0n) is 15.9. The number of nitrogens with one attached hydrogen (secondary N) is 1. The Labute approximate surface area is 173 Å². The average molecular weight is 439 g/mol. The highest BCUT2D eigenvalue weighted by Crippen LogP contribution is 2.30. The van der Waals surface area contributed by atoms with Gasteiger partial charge in [0.25, 0.3) is 0 Å². The van der Waals surface area contributed by atoms with Gasteiger partial charge in [0.1, 0.15) is 5.82 Å². The molecule has 4 rings (SSSR count). The second-order valence-corrected chi connectivity index (χ2v) is 10.7. The molecule has 1 aromatic carbocycles. The molecule has 0 spiro atoms. The van der Waals surface area contributed by atoms with Crippen LogP contribution in [0.4, 0.5) is 4.39 Å². The molecule has 0 radical (unpaired) electrons. The standard InChI is InChI=1S/C19H23FN4O3S2/c20-16-8-4-3-7-15(16)18-21-19(23-22-18)28-11-17(25)24(13-5-1-2-6-13)14-9-10-29(26,27)12-14/h3-4,7-8,13-14H,1-2,5-6,9-12H2,(H,21,22,23)/t14-/m0/s1. The van der Waals surface area contributed by atoms with E-state index in [0.29, 0.717) is 23.0 Å². The molecular formula is C19H23FN4O3S2. The number of rotatable bonds is 6. The van der Waals surface area contributed by atoms with E-state index in [4.69, 9.17) is 0 Å². The molecule has 1 N–H and O–H groups in total. The molecule has 2 aliphatic rings.